The topological polar surface area (TPSA) is 60.4 Å². The van der Waals surface area contributed by atoms with Crippen molar-refractivity contribution >= 4 is 17.6 Å². The van der Waals surface area contributed by atoms with Crippen molar-refractivity contribution in [2.75, 3.05) is 64.4 Å². The number of rotatable bonds is 7. The highest BCUT2D eigenvalue weighted by molar-refractivity contribution is 5.82. The minimum atomic E-state index is -0.218. The van der Waals surface area contributed by atoms with Crippen LogP contribution in [0.4, 0.5) is 5.69 Å². The van der Waals surface area contributed by atoms with Crippen molar-refractivity contribution in [2.45, 2.75) is 32.3 Å². The van der Waals surface area contributed by atoms with E-state index in [1.807, 2.05) is 11.0 Å². The molecule has 0 radical (unpaired) electrons. The molecule has 1 amide bonds. The maximum Gasteiger partial charge on any atom is 0.251 e. The van der Waals surface area contributed by atoms with Gasteiger partial charge in [0.25, 0.3) is 5.91 Å². The van der Waals surface area contributed by atoms with Gasteiger partial charge < -0.3 is 24.8 Å². The molecule has 1 unspecified atom stereocenters. The van der Waals surface area contributed by atoms with E-state index in [2.05, 4.69) is 53.4 Å². The van der Waals surface area contributed by atoms with Gasteiger partial charge in [-0.1, -0.05) is 18.2 Å². The Labute approximate surface area is 174 Å². The first-order chi connectivity index (χ1) is 14.2. The zero-order valence-electron chi connectivity index (χ0n) is 17.8. The minimum Gasteiger partial charge on any atom is -0.375 e. The zero-order chi connectivity index (χ0) is 20.5. The molecule has 2 fully saturated rings. The van der Waals surface area contributed by atoms with Crippen LogP contribution in [0.5, 0.6) is 0 Å². The molecule has 0 aliphatic carbocycles. The van der Waals surface area contributed by atoms with E-state index in [4.69, 9.17) is 9.73 Å². The van der Waals surface area contributed by atoms with E-state index in [9.17, 15) is 4.79 Å². The summed E-state index contributed by atoms with van der Waals surface area (Å²) in [5, 5.41) is 3.41. The summed E-state index contributed by atoms with van der Waals surface area (Å²) in [7, 11) is 2.12. The van der Waals surface area contributed by atoms with E-state index in [1.165, 1.54) is 5.69 Å². The van der Waals surface area contributed by atoms with E-state index >= 15 is 0 Å². The molecule has 160 valence electrons. The summed E-state index contributed by atoms with van der Waals surface area (Å²) in [5.74, 6) is 1.12. The van der Waals surface area contributed by atoms with Gasteiger partial charge in [-0.3, -0.25) is 9.79 Å². The number of hydrogen-bond acceptors (Lipinski definition) is 4. The number of para-hydroxylation sites is 1. The van der Waals surface area contributed by atoms with Crippen LogP contribution in [0.15, 0.2) is 35.3 Å². The van der Waals surface area contributed by atoms with Crippen molar-refractivity contribution in [3.63, 3.8) is 0 Å². The van der Waals surface area contributed by atoms with E-state index in [1.54, 1.807) is 0 Å². The molecule has 2 saturated heterocycles. The molecule has 1 atom stereocenters. The quantitative estimate of drug-likeness (QED) is 0.429. The van der Waals surface area contributed by atoms with Gasteiger partial charge in [0.1, 0.15) is 6.10 Å². The number of nitrogens with zero attached hydrogens (tertiary/aromatic N) is 4. The molecule has 1 N–H and O–H groups in total. The number of benzene rings is 1. The van der Waals surface area contributed by atoms with E-state index in [0.717, 1.165) is 71.0 Å². The predicted molar refractivity (Wildman–Crippen MR) is 117 cm³/mol. The van der Waals surface area contributed by atoms with Crippen molar-refractivity contribution in [3.05, 3.63) is 30.3 Å². The molecular formula is C22H35N5O2. The van der Waals surface area contributed by atoms with Gasteiger partial charge in [0.2, 0.25) is 0 Å². The Hall–Kier alpha value is -2.28. The van der Waals surface area contributed by atoms with Crippen molar-refractivity contribution in [2.24, 2.45) is 4.99 Å². The Morgan fingerprint density at radius 1 is 1.21 bits per heavy atom. The maximum atomic E-state index is 12.5. The molecule has 2 aliphatic rings. The van der Waals surface area contributed by atoms with Crippen molar-refractivity contribution in [1.29, 1.82) is 0 Å². The Kier molecular flexibility index (Phi) is 8.16. The lowest BCUT2D eigenvalue weighted by Gasteiger charge is -2.37. The van der Waals surface area contributed by atoms with Crippen LogP contribution in [0.1, 0.15) is 26.2 Å². The number of anilines is 1. The Bertz CT molecular complexity index is 652. The summed E-state index contributed by atoms with van der Waals surface area (Å²) in [6.07, 6.45) is 2.64. The third-order valence-corrected chi connectivity index (χ3v) is 5.54. The number of aliphatic imine (C=N–C) groups is 1. The first kappa shape index (κ1) is 21.4. The SMILES string of the molecule is CCNC(=NCCCN(C)c1ccccc1)N1CCN(C(=O)C2CCCO2)CC1. The molecule has 1 aromatic carbocycles. The molecule has 3 rings (SSSR count). The Morgan fingerprint density at radius 2 is 1.93 bits per heavy atom. The predicted octanol–water partition coefficient (Wildman–Crippen LogP) is 1.80. The van der Waals surface area contributed by atoms with Crippen LogP contribution in [0.2, 0.25) is 0 Å². The molecule has 2 aliphatic heterocycles. The van der Waals surface area contributed by atoms with Crippen LogP contribution in [0.25, 0.3) is 0 Å². The normalized spacial score (nSPS) is 20.1. The van der Waals surface area contributed by atoms with E-state index in [-0.39, 0.29) is 12.0 Å². The van der Waals surface area contributed by atoms with E-state index in [0.29, 0.717) is 6.61 Å². The number of ether oxygens (including phenoxy) is 1. The van der Waals surface area contributed by atoms with Gasteiger partial charge in [0.15, 0.2) is 5.96 Å². The average Bonchev–Trinajstić information content (AvgIpc) is 3.31. The summed E-state index contributed by atoms with van der Waals surface area (Å²) < 4.78 is 5.55. The van der Waals surface area contributed by atoms with Crippen LogP contribution in [-0.4, -0.2) is 87.2 Å². The standard InChI is InChI=1S/C22H35N5O2/c1-3-23-22(24-12-8-13-25(2)19-9-5-4-6-10-19)27-16-14-26(15-17-27)21(28)20-11-7-18-29-20/h4-6,9-10,20H,3,7-8,11-18H2,1-2H3,(H,23,24). The molecule has 0 spiro atoms. The monoisotopic (exact) mass is 401 g/mol. The molecule has 0 aromatic heterocycles. The molecule has 2 heterocycles. The molecule has 7 nitrogen and oxygen atoms in total. The summed E-state index contributed by atoms with van der Waals surface area (Å²) in [4.78, 5) is 23.8. The first-order valence-corrected chi connectivity index (χ1v) is 10.9. The average molecular weight is 402 g/mol. The number of hydrogen-bond donors (Lipinski definition) is 1. The van der Waals surface area contributed by atoms with Crippen LogP contribution in [0.3, 0.4) is 0 Å². The van der Waals surface area contributed by atoms with Gasteiger partial charge in [-0.25, -0.2) is 0 Å². The second-order valence-electron chi connectivity index (χ2n) is 7.66. The highest BCUT2D eigenvalue weighted by atomic mass is 16.5. The van der Waals surface area contributed by atoms with Crippen LogP contribution in [-0.2, 0) is 9.53 Å². The number of nitrogens with one attached hydrogen (secondary N) is 1. The van der Waals surface area contributed by atoms with Gasteiger partial charge >= 0.3 is 0 Å². The lowest BCUT2D eigenvalue weighted by Crippen LogP contribution is -2.55. The molecule has 1 aromatic rings. The van der Waals surface area contributed by atoms with Gasteiger partial charge in [0, 0.05) is 65.2 Å². The highest BCUT2D eigenvalue weighted by Gasteiger charge is 2.30. The van der Waals surface area contributed by atoms with Crippen molar-refractivity contribution in [1.82, 2.24) is 15.1 Å². The van der Waals surface area contributed by atoms with E-state index < -0.39 is 0 Å². The number of carbonyl (C=O) groups excluding carboxylic acids is 1. The van der Waals surface area contributed by atoms with Gasteiger partial charge in [0.05, 0.1) is 0 Å². The molecular weight excluding hydrogens is 366 g/mol. The van der Waals surface area contributed by atoms with Crippen LogP contribution in [0, 0.1) is 0 Å². The van der Waals surface area contributed by atoms with Gasteiger partial charge in [-0.2, -0.15) is 0 Å². The summed E-state index contributed by atoms with van der Waals surface area (Å²) in [5.41, 5.74) is 1.23. The van der Waals surface area contributed by atoms with Crippen LogP contribution < -0.4 is 10.2 Å². The Morgan fingerprint density at radius 3 is 2.59 bits per heavy atom. The minimum absolute atomic E-state index is 0.160. The summed E-state index contributed by atoms with van der Waals surface area (Å²) in [6.45, 7) is 8.51. The number of guanidine groups is 1. The molecule has 7 heteroatoms. The molecule has 0 bridgehead atoms. The fraction of sp³-hybridized carbons (Fsp3) is 0.636. The molecule has 29 heavy (non-hydrogen) atoms. The molecule has 0 saturated carbocycles. The number of piperazine rings is 1. The second-order valence-corrected chi connectivity index (χ2v) is 7.66. The van der Waals surface area contributed by atoms with Gasteiger partial charge in [-0.05, 0) is 38.3 Å². The third kappa shape index (κ3) is 6.10. The third-order valence-electron chi connectivity index (χ3n) is 5.54. The van der Waals surface area contributed by atoms with Crippen molar-refractivity contribution < 1.29 is 9.53 Å². The fourth-order valence-electron chi connectivity index (χ4n) is 3.84. The Balaban J connectivity index is 1.44. The van der Waals surface area contributed by atoms with Crippen LogP contribution >= 0.6 is 0 Å². The number of carbonyl (C=O) groups is 1. The summed E-state index contributed by atoms with van der Waals surface area (Å²) in [6, 6.07) is 10.4. The lowest BCUT2D eigenvalue weighted by atomic mass is 10.2. The highest BCUT2D eigenvalue weighted by Crippen LogP contribution is 2.16. The summed E-state index contributed by atoms with van der Waals surface area (Å²) >= 11 is 0. The van der Waals surface area contributed by atoms with Gasteiger partial charge in [-0.15, -0.1) is 0 Å². The number of amides is 1. The lowest BCUT2D eigenvalue weighted by molar-refractivity contribution is -0.142. The zero-order valence-corrected chi connectivity index (χ0v) is 17.8. The maximum absolute atomic E-state index is 12.5. The van der Waals surface area contributed by atoms with Crippen molar-refractivity contribution in [3.8, 4) is 0 Å². The largest absolute Gasteiger partial charge is 0.375 e. The fourth-order valence-corrected chi connectivity index (χ4v) is 3.84. The first-order valence-electron chi connectivity index (χ1n) is 10.9. The smallest absolute Gasteiger partial charge is 0.251 e. The second kappa shape index (κ2) is 11.0.